The first-order chi connectivity index (χ1) is 12.4. The molecule has 1 aromatic rings. The molecular weight excluding hydrogens is 332 g/mol. The van der Waals surface area contributed by atoms with Crippen LogP contribution >= 0.6 is 0 Å². The molecule has 1 fully saturated rings. The van der Waals surface area contributed by atoms with Crippen LogP contribution in [0.5, 0.6) is 5.75 Å². The Kier molecular flexibility index (Phi) is 7.45. The lowest BCUT2D eigenvalue weighted by Crippen LogP contribution is -2.36. The van der Waals surface area contributed by atoms with Gasteiger partial charge in [-0.1, -0.05) is 32.9 Å². The molecule has 2 N–H and O–H groups in total. The van der Waals surface area contributed by atoms with E-state index >= 15 is 0 Å². The number of rotatable bonds is 7. The highest BCUT2D eigenvalue weighted by molar-refractivity contribution is 5.92. The number of carbonyl (C=O) groups excluding carboxylic acids is 2. The number of carbonyl (C=O) groups is 2. The molecule has 1 aromatic carbocycles. The number of nitrogens with one attached hydrogen (secondary N) is 2. The largest absolute Gasteiger partial charge is 0.489 e. The van der Waals surface area contributed by atoms with Crippen molar-refractivity contribution in [1.82, 2.24) is 5.32 Å². The van der Waals surface area contributed by atoms with E-state index in [0.29, 0.717) is 24.6 Å². The second-order valence-electron chi connectivity index (χ2n) is 7.60. The van der Waals surface area contributed by atoms with Crippen molar-refractivity contribution in [3.8, 4) is 5.75 Å². The Balaban J connectivity index is 1.80. The third-order valence-corrected chi connectivity index (χ3v) is 4.18. The third kappa shape index (κ3) is 6.67. The van der Waals surface area contributed by atoms with Gasteiger partial charge in [0.15, 0.2) is 0 Å². The number of para-hydroxylation sites is 2. The van der Waals surface area contributed by atoms with E-state index in [4.69, 9.17) is 9.47 Å². The van der Waals surface area contributed by atoms with Gasteiger partial charge in [0.2, 0.25) is 11.8 Å². The monoisotopic (exact) mass is 362 g/mol. The van der Waals surface area contributed by atoms with Gasteiger partial charge >= 0.3 is 0 Å². The minimum Gasteiger partial charge on any atom is -0.489 e. The third-order valence-electron chi connectivity index (χ3n) is 4.18. The van der Waals surface area contributed by atoms with Gasteiger partial charge in [-0.2, -0.15) is 0 Å². The second kappa shape index (κ2) is 9.57. The molecule has 1 atom stereocenters. The maximum absolute atomic E-state index is 12.2. The Morgan fingerprint density at radius 2 is 2.00 bits per heavy atom. The zero-order valence-electron chi connectivity index (χ0n) is 16.0. The number of hydrogen-bond acceptors (Lipinski definition) is 4. The Hall–Kier alpha value is -2.08. The molecule has 0 spiro atoms. The van der Waals surface area contributed by atoms with Gasteiger partial charge in [-0.15, -0.1) is 0 Å². The normalized spacial score (nSPS) is 17.4. The lowest BCUT2D eigenvalue weighted by molar-refractivity contribution is -0.128. The summed E-state index contributed by atoms with van der Waals surface area (Å²) in [5.41, 5.74) is 0.174. The van der Waals surface area contributed by atoms with Crippen LogP contribution in [0.3, 0.4) is 0 Å². The molecule has 0 aliphatic carbocycles. The molecule has 0 bridgehead atoms. The Morgan fingerprint density at radius 1 is 1.23 bits per heavy atom. The zero-order valence-corrected chi connectivity index (χ0v) is 16.0. The molecule has 144 valence electrons. The minimum absolute atomic E-state index is 0.0680. The highest BCUT2D eigenvalue weighted by atomic mass is 16.5. The molecule has 1 saturated heterocycles. The van der Waals surface area contributed by atoms with Gasteiger partial charge in [0.25, 0.3) is 0 Å². The van der Waals surface area contributed by atoms with Crippen LogP contribution < -0.4 is 15.4 Å². The van der Waals surface area contributed by atoms with Crippen molar-refractivity contribution in [2.24, 2.45) is 5.41 Å². The Labute approximate surface area is 155 Å². The number of ether oxygens (including phenoxy) is 2. The molecular formula is C20H30N2O4. The number of hydrogen-bond donors (Lipinski definition) is 2. The van der Waals surface area contributed by atoms with Gasteiger partial charge in [-0.25, -0.2) is 0 Å². The summed E-state index contributed by atoms with van der Waals surface area (Å²) in [5.74, 6) is 0.402. The molecule has 2 rings (SSSR count). The smallest absolute Gasteiger partial charge is 0.226 e. The molecule has 26 heavy (non-hydrogen) atoms. The summed E-state index contributed by atoms with van der Waals surface area (Å²) >= 11 is 0. The van der Waals surface area contributed by atoms with Crippen LogP contribution in [-0.4, -0.2) is 37.7 Å². The first-order valence-corrected chi connectivity index (χ1v) is 9.28. The molecule has 0 aromatic heterocycles. The molecule has 0 radical (unpaired) electrons. The van der Waals surface area contributed by atoms with Crippen LogP contribution in [0.15, 0.2) is 24.3 Å². The van der Waals surface area contributed by atoms with Crippen molar-refractivity contribution < 1.29 is 19.1 Å². The molecule has 1 aliphatic rings. The average molecular weight is 362 g/mol. The van der Waals surface area contributed by atoms with Crippen molar-refractivity contribution in [1.29, 1.82) is 0 Å². The zero-order chi connectivity index (χ0) is 19.0. The summed E-state index contributed by atoms with van der Waals surface area (Å²) in [6.07, 6.45) is 3.59. The fourth-order valence-electron chi connectivity index (χ4n) is 2.58. The molecule has 6 nitrogen and oxygen atoms in total. The SMILES string of the molecule is CC(C)(C)C(=O)NCCC(=O)Nc1ccccc1OCC1CCCCO1. The predicted octanol–water partition coefficient (Wildman–Crippen LogP) is 3.13. The number of amides is 2. The lowest BCUT2D eigenvalue weighted by atomic mass is 9.96. The topological polar surface area (TPSA) is 76.7 Å². The first-order valence-electron chi connectivity index (χ1n) is 9.28. The van der Waals surface area contributed by atoms with Crippen LogP contribution in [0.25, 0.3) is 0 Å². The summed E-state index contributed by atoms with van der Waals surface area (Å²) < 4.78 is 11.5. The van der Waals surface area contributed by atoms with E-state index < -0.39 is 5.41 Å². The summed E-state index contributed by atoms with van der Waals surface area (Å²) in [7, 11) is 0. The number of benzene rings is 1. The van der Waals surface area contributed by atoms with Gasteiger partial charge in [0.1, 0.15) is 12.4 Å². The first kappa shape index (κ1) is 20.2. The van der Waals surface area contributed by atoms with Crippen molar-refractivity contribution in [2.75, 3.05) is 25.1 Å². The van der Waals surface area contributed by atoms with E-state index in [1.165, 1.54) is 0 Å². The fourth-order valence-corrected chi connectivity index (χ4v) is 2.58. The quantitative estimate of drug-likeness (QED) is 0.781. The van der Waals surface area contributed by atoms with Crippen LogP contribution in [0.1, 0.15) is 46.5 Å². The van der Waals surface area contributed by atoms with E-state index in [2.05, 4.69) is 10.6 Å². The summed E-state index contributed by atoms with van der Waals surface area (Å²) in [6, 6.07) is 7.36. The van der Waals surface area contributed by atoms with Crippen LogP contribution in [0.4, 0.5) is 5.69 Å². The number of anilines is 1. The fraction of sp³-hybridized carbons (Fsp3) is 0.600. The highest BCUT2D eigenvalue weighted by Crippen LogP contribution is 2.25. The molecule has 1 aliphatic heterocycles. The van der Waals surface area contributed by atoms with Crippen LogP contribution in [0, 0.1) is 5.41 Å². The molecule has 2 amide bonds. The Bertz CT molecular complexity index is 604. The van der Waals surface area contributed by atoms with Crippen molar-refractivity contribution >= 4 is 17.5 Å². The Morgan fingerprint density at radius 3 is 2.69 bits per heavy atom. The molecule has 6 heteroatoms. The van der Waals surface area contributed by atoms with E-state index in [9.17, 15) is 9.59 Å². The van der Waals surface area contributed by atoms with Crippen LogP contribution in [-0.2, 0) is 14.3 Å². The van der Waals surface area contributed by atoms with E-state index in [1.807, 2.05) is 45.0 Å². The van der Waals surface area contributed by atoms with Crippen molar-refractivity contribution in [2.45, 2.75) is 52.6 Å². The summed E-state index contributed by atoms with van der Waals surface area (Å²) in [4.78, 5) is 24.0. The second-order valence-corrected chi connectivity index (χ2v) is 7.60. The summed E-state index contributed by atoms with van der Waals surface area (Å²) in [5, 5.41) is 5.63. The van der Waals surface area contributed by atoms with Gasteiger partial charge in [0, 0.05) is 25.0 Å². The average Bonchev–Trinajstić information content (AvgIpc) is 2.61. The predicted molar refractivity (Wildman–Crippen MR) is 101 cm³/mol. The standard InChI is InChI=1S/C20H30N2O4/c1-20(2,3)19(24)21-12-11-18(23)22-16-9-4-5-10-17(16)26-14-15-8-6-7-13-25-15/h4-5,9-10,15H,6-8,11-14H2,1-3H3,(H,21,24)(H,22,23). The molecule has 1 unspecified atom stereocenters. The van der Waals surface area contributed by atoms with Crippen molar-refractivity contribution in [3.05, 3.63) is 24.3 Å². The van der Waals surface area contributed by atoms with Gasteiger partial charge in [-0.05, 0) is 31.4 Å². The van der Waals surface area contributed by atoms with Crippen LogP contribution in [0.2, 0.25) is 0 Å². The van der Waals surface area contributed by atoms with Crippen molar-refractivity contribution in [3.63, 3.8) is 0 Å². The van der Waals surface area contributed by atoms with Gasteiger partial charge < -0.3 is 20.1 Å². The van der Waals surface area contributed by atoms with E-state index in [-0.39, 0.29) is 24.3 Å². The van der Waals surface area contributed by atoms with E-state index in [0.717, 1.165) is 25.9 Å². The maximum atomic E-state index is 12.2. The van der Waals surface area contributed by atoms with Gasteiger partial charge in [0.05, 0.1) is 11.8 Å². The van der Waals surface area contributed by atoms with E-state index in [1.54, 1.807) is 0 Å². The molecule has 1 heterocycles. The maximum Gasteiger partial charge on any atom is 0.226 e. The minimum atomic E-state index is -0.460. The lowest BCUT2D eigenvalue weighted by Gasteiger charge is -2.23. The summed E-state index contributed by atoms with van der Waals surface area (Å²) in [6.45, 7) is 7.09. The highest BCUT2D eigenvalue weighted by Gasteiger charge is 2.21. The molecule has 0 saturated carbocycles. The van der Waals surface area contributed by atoms with Gasteiger partial charge in [-0.3, -0.25) is 9.59 Å².